The fourth-order valence-electron chi connectivity index (χ4n) is 9.91. The predicted molar refractivity (Wildman–Crippen MR) is 427 cm³/mol. The first-order valence-corrected chi connectivity index (χ1v) is 35.8. The number of ketones is 6. The Kier molecular flexibility index (Phi) is 36.1. The molecule has 0 radical (unpaired) electrons. The number of rotatable bonds is 25. The van der Waals surface area contributed by atoms with E-state index in [4.69, 9.17) is 58.7 Å². The lowest BCUT2D eigenvalue weighted by molar-refractivity contribution is -0.133. The molecule has 0 aromatic heterocycles. The molecular formula is C91H95NO19. The third kappa shape index (κ3) is 29.5. The number of unbranched alkanes of at least 4 members (excludes halogenated alkanes) is 1. The van der Waals surface area contributed by atoms with Crippen molar-refractivity contribution in [2.45, 2.75) is 74.7 Å². The van der Waals surface area contributed by atoms with E-state index < -0.39 is 11.9 Å². The zero-order valence-corrected chi connectivity index (χ0v) is 64.8. The van der Waals surface area contributed by atoms with Crippen LogP contribution in [0.5, 0.6) is 51.7 Å². The number of benzene rings is 10. The minimum atomic E-state index is -0.508. The highest BCUT2D eigenvalue weighted by Gasteiger charge is 2.37. The van der Waals surface area contributed by atoms with E-state index in [1.807, 2.05) is 60.7 Å². The maximum Gasteiger partial charge on any atom is 0.343 e. The van der Waals surface area contributed by atoms with Crippen molar-refractivity contribution < 1.29 is 90.5 Å². The van der Waals surface area contributed by atoms with Gasteiger partial charge in [-0.2, -0.15) is 0 Å². The summed E-state index contributed by atoms with van der Waals surface area (Å²) in [5, 5.41) is 1.97. The van der Waals surface area contributed by atoms with Crippen LogP contribution < -0.4 is 42.6 Å². The second-order valence-corrected chi connectivity index (χ2v) is 25.5. The number of esters is 2. The molecule has 2 fully saturated rings. The Morgan fingerprint density at radius 3 is 1.05 bits per heavy atom. The number of hydrogen-bond donors (Lipinski definition) is 0. The van der Waals surface area contributed by atoms with Gasteiger partial charge in [-0.1, -0.05) is 93.1 Å². The van der Waals surface area contributed by atoms with Gasteiger partial charge >= 0.3 is 11.9 Å². The monoisotopic (exact) mass is 1510 g/mol. The van der Waals surface area contributed by atoms with Gasteiger partial charge < -0.3 is 52.1 Å². The van der Waals surface area contributed by atoms with Gasteiger partial charge in [-0.3, -0.25) is 28.8 Å². The summed E-state index contributed by atoms with van der Waals surface area (Å²) in [6.45, 7) is 25.0. The van der Waals surface area contributed by atoms with E-state index in [0.29, 0.717) is 106 Å². The second kappa shape index (κ2) is 45.9. The van der Waals surface area contributed by atoms with Gasteiger partial charge in [0.15, 0.2) is 51.9 Å². The van der Waals surface area contributed by atoms with Crippen LogP contribution in [0.4, 0.5) is 5.69 Å². The highest BCUT2D eigenvalue weighted by Crippen LogP contribution is 2.33. The van der Waals surface area contributed by atoms with Crippen molar-refractivity contribution in [1.82, 2.24) is 0 Å². The van der Waals surface area contributed by atoms with Crippen LogP contribution in [0, 0.1) is 17.9 Å². The summed E-state index contributed by atoms with van der Waals surface area (Å²) in [6.07, 6.45) is 3.04. The number of ether oxygens (including phenoxy) is 11. The average Bonchev–Trinajstić information content (AvgIpc) is 0.824. The molecule has 2 saturated heterocycles. The van der Waals surface area contributed by atoms with E-state index in [1.54, 1.807) is 226 Å². The molecule has 111 heavy (non-hydrogen) atoms. The number of Topliss-reactive ketones (excluding diaryl/α,β-unsaturated/α-hetero) is 6. The summed E-state index contributed by atoms with van der Waals surface area (Å²) in [5.74, 6) is 5.89. The average molecular weight is 1510 g/mol. The molecule has 10 aromatic carbocycles. The van der Waals surface area contributed by atoms with Crippen LogP contribution in [-0.4, -0.2) is 121 Å². The van der Waals surface area contributed by atoms with Gasteiger partial charge in [-0.15, -0.1) is 0 Å². The molecule has 20 heteroatoms. The highest BCUT2D eigenvalue weighted by molar-refractivity contribution is 6.02. The number of nitrogens with zero attached hydrogens (tertiary/aromatic N) is 1. The molecule has 2 heterocycles. The number of carbonyl (C=O) groups is 8. The van der Waals surface area contributed by atoms with E-state index in [-0.39, 0.29) is 40.1 Å². The first-order chi connectivity index (χ1) is 53.4. The van der Waals surface area contributed by atoms with Gasteiger partial charge in [0.25, 0.3) is 0 Å². The molecule has 12 rings (SSSR count). The predicted octanol–water partition coefficient (Wildman–Crippen LogP) is 19.2. The van der Waals surface area contributed by atoms with Gasteiger partial charge in [0, 0.05) is 39.3 Å². The maximum absolute atomic E-state index is 12.5. The van der Waals surface area contributed by atoms with Crippen LogP contribution in [-0.2, 0) is 9.47 Å². The molecule has 0 N–H and O–H groups in total. The molecular weight excluding hydrogens is 1410 g/mol. The fourth-order valence-corrected chi connectivity index (χ4v) is 9.91. The van der Waals surface area contributed by atoms with Crippen molar-refractivity contribution in [1.29, 1.82) is 0 Å². The van der Waals surface area contributed by atoms with E-state index in [9.17, 15) is 38.4 Å². The van der Waals surface area contributed by atoms with E-state index in [2.05, 4.69) is 18.7 Å². The first kappa shape index (κ1) is 87.3. The molecule has 2 aliphatic rings. The number of para-hydroxylation sites is 2. The van der Waals surface area contributed by atoms with Crippen molar-refractivity contribution in [2.75, 3.05) is 74.7 Å². The topological polar surface area (TPSA) is 242 Å². The lowest BCUT2D eigenvalue weighted by Gasteiger charge is -2.40. The van der Waals surface area contributed by atoms with Gasteiger partial charge in [-0.25, -0.2) is 14.4 Å². The minimum Gasteiger partial charge on any atom is -0.497 e. The number of methoxy groups -OCH3 is 4. The van der Waals surface area contributed by atoms with Gasteiger partial charge in [0.1, 0.15) is 40.2 Å². The largest absolute Gasteiger partial charge is 0.497 e. The molecule has 0 unspecified atom stereocenters. The quantitative estimate of drug-likeness (QED) is 0.0170. The maximum atomic E-state index is 12.5. The van der Waals surface area contributed by atoms with Crippen LogP contribution in [0.15, 0.2) is 231 Å². The SMILES string of the molecule is CC(=O)c1ccc(C(C)=O)cc1.CC(=O)c1ccc(OCC2COC2)cc1.CC(=O)c1ccc2cc(C(C)=O)ccc2c1.CCCCOc1ccc(OC(=O)c2ccc(OC(=O)c3ccc(OCC4(CC)COC4)cc3)cc2)cc1.COc1ccc(C(C)=O)cc1.COc1ccccc1OC.[C-]#[N+]c1ccc(OC)cc1. The van der Waals surface area contributed by atoms with Crippen LogP contribution in [0.1, 0.15) is 158 Å². The standard InChI is InChI=1S/C30H32O7.C14H12O2.C12H14O3.C10H10O2.C9H10O2.C8H7NO.C8H10O2/c1-3-5-18-34-24-14-16-27(17-15-24)37-29(32)23-8-12-26(13-9-23)36-28(31)22-6-10-25(11-7-22)35-21-30(4-2)19-33-20-30;1-9(15)11-3-5-14-8-12(10(2)16)4-6-13(14)7-11;1-9(13)11-2-4-12(5-3-11)15-8-10-6-14-7-10;1-7(11)9-3-5-10(6-4-9)8(2)12;1-7(10)8-3-5-9(11-2)6-4-8;1-9-7-3-5-8(10-2)6-4-7;1-9-7-5-3-4-6-8(7)10-2/h6-17H,3-5,18-21H2,1-2H3;3-8H,1-2H3;2-5,10H,6-8H2,1H3;3-6H,1-2H3;3-6H,1-2H3;3-6H,2H3;3-6H,1-2H3. The highest BCUT2D eigenvalue weighted by atomic mass is 16.5. The second-order valence-electron chi connectivity index (χ2n) is 25.5. The van der Waals surface area contributed by atoms with Gasteiger partial charge in [0.05, 0.1) is 97.8 Å². The Balaban J connectivity index is 0.000000218. The van der Waals surface area contributed by atoms with E-state index in [0.717, 1.165) is 77.7 Å². The molecule has 2 aliphatic heterocycles. The first-order valence-electron chi connectivity index (χ1n) is 35.8. The summed E-state index contributed by atoms with van der Waals surface area (Å²) in [4.78, 5) is 94.2. The zero-order chi connectivity index (χ0) is 80.7. The molecule has 0 saturated carbocycles. The van der Waals surface area contributed by atoms with Crippen molar-refractivity contribution in [3.63, 3.8) is 0 Å². The van der Waals surface area contributed by atoms with Crippen LogP contribution in [0.25, 0.3) is 15.6 Å². The molecule has 10 aromatic rings. The molecule has 0 spiro atoms. The normalized spacial score (nSPS) is 11.7. The zero-order valence-electron chi connectivity index (χ0n) is 64.8. The van der Waals surface area contributed by atoms with Crippen molar-refractivity contribution in [3.05, 3.63) is 286 Å². The third-order valence-corrected chi connectivity index (χ3v) is 17.1. The molecule has 0 atom stereocenters. The summed E-state index contributed by atoms with van der Waals surface area (Å²) in [6, 6.07) is 66.5. The number of fused-ring (bicyclic) bond motifs is 1. The van der Waals surface area contributed by atoms with Crippen molar-refractivity contribution in [2.24, 2.45) is 11.3 Å². The molecule has 0 aliphatic carbocycles. The van der Waals surface area contributed by atoms with Crippen molar-refractivity contribution >= 4 is 63.1 Å². The molecule has 0 bridgehead atoms. The fraction of sp³-hybridized carbons (Fsp3) is 0.264. The van der Waals surface area contributed by atoms with Crippen LogP contribution in [0.2, 0.25) is 0 Å². The third-order valence-electron chi connectivity index (χ3n) is 17.1. The molecule has 578 valence electrons. The Hall–Kier alpha value is -12.6. The summed E-state index contributed by atoms with van der Waals surface area (Å²) in [5.41, 5.74) is 5.57. The van der Waals surface area contributed by atoms with Crippen LogP contribution in [0.3, 0.4) is 0 Å². The van der Waals surface area contributed by atoms with E-state index in [1.165, 1.54) is 13.8 Å². The van der Waals surface area contributed by atoms with Gasteiger partial charge in [-0.05, 0) is 223 Å². The summed E-state index contributed by atoms with van der Waals surface area (Å²) < 4.78 is 58.1. The Bertz CT molecular complexity index is 4560. The smallest absolute Gasteiger partial charge is 0.343 e. The lowest BCUT2D eigenvalue weighted by atomic mass is 9.84. The minimum absolute atomic E-state index is 0.0186. The Morgan fingerprint density at radius 2 is 0.721 bits per heavy atom. The Labute approximate surface area is 649 Å². The number of carbonyl (C=O) groups excluding carboxylic acids is 8. The summed E-state index contributed by atoms with van der Waals surface area (Å²) in [7, 11) is 6.45. The van der Waals surface area contributed by atoms with Crippen molar-refractivity contribution in [3.8, 4) is 51.7 Å². The van der Waals surface area contributed by atoms with Gasteiger partial charge in [0.2, 0.25) is 0 Å². The summed E-state index contributed by atoms with van der Waals surface area (Å²) >= 11 is 0. The van der Waals surface area contributed by atoms with Crippen LogP contribution >= 0.6 is 0 Å². The number of hydrogen-bond acceptors (Lipinski definition) is 19. The van der Waals surface area contributed by atoms with E-state index >= 15 is 0 Å². The lowest BCUT2D eigenvalue weighted by Crippen LogP contribution is -2.46. The Morgan fingerprint density at radius 1 is 0.387 bits per heavy atom. The molecule has 20 nitrogen and oxygen atoms in total. The molecule has 0 amide bonds.